The monoisotopic (exact) mass is 261 g/mol. The number of aromatic nitrogens is 1. The van der Waals surface area contributed by atoms with Crippen molar-refractivity contribution in [2.45, 2.75) is 6.92 Å². The van der Waals surface area contributed by atoms with Crippen molar-refractivity contribution in [3.05, 3.63) is 34.0 Å². The summed E-state index contributed by atoms with van der Waals surface area (Å²) in [4.78, 5) is 4.02. The van der Waals surface area contributed by atoms with Gasteiger partial charge in [-0.1, -0.05) is 11.6 Å². The molecule has 1 heterocycles. The van der Waals surface area contributed by atoms with E-state index in [0.717, 1.165) is 11.3 Å². The molecule has 1 rings (SSSR count). The van der Waals surface area contributed by atoms with Crippen LogP contribution < -0.4 is 4.74 Å². The number of rotatable bonds is 3. The minimum absolute atomic E-state index is 0.480. The van der Waals surface area contributed by atoms with Crippen LogP contribution in [0.4, 0.5) is 0 Å². The summed E-state index contributed by atoms with van der Waals surface area (Å²) in [6.45, 7) is 2.38. The number of hydrogen-bond acceptors (Lipinski definition) is 2. The van der Waals surface area contributed by atoms with Crippen LogP contribution in [0.5, 0.6) is 5.75 Å². The third-order valence-corrected chi connectivity index (χ3v) is 2.33. The first-order chi connectivity index (χ1) is 6.24. The largest absolute Gasteiger partial charge is 0.486 e. The highest BCUT2D eigenvalue weighted by molar-refractivity contribution is 9.10. The Hall–Kier alpha value is -0.540. The van der Waals surface area contributed by atoms with Gasteiger partial charge in [-0.3, -0.25) is 0 Å². The van der Waals surface area contributed by atoms with Gasteiger partial charge >= 0.3 is 0 Å². The van der Waals surface area contributed by atoms with Crippen molar-refractivity contribution in [1.82, 2.24) is 4.98 Å². The van der Waals surface area contributed by atoms with E-state index in [0.29, 0.717) is 11.2 Å². The normalized spacial score (nSPS) is 11.5. The van der Waals surface area contributed by atoms with Gasteiger partial charge in [-0.25, -0.2) is 4.98 Å². The van der Waals surface area contributed by atoms with E-state index in [4.69, 9.17) is 16.3 Å². The molecule has 2 nitrogen and oxygen atoms in total. The van der Waals surface area contributed by atoms with Gasteiger partial charge in [-0.2, -0.15) is 0 Å². The van der Waals surface area contributed by atoms with Gasteiger partial charge in [0.15, 0.2) is 5.75 Å². The highest BCUT2D eigenvalue weighted by atomic mass is 79.9. The van der Waals surface area contributed by atoms with Gasteiger partial charge in [0, 0.05) is 11.7 Å². The Morgan fingerprint density at radius 3 is 3.15 bits per heavy atom. The number of halogens is 2. The molecule has 13 heavy (non-hydrogen) atoms. The van der Waals surface area contributed by atoms with E-state index < -0.39 is 0 Å². The van der Waals surface area contributed by atoms with Crippen LogP contribution in [0.3, 0.4) is 0 Å². The second-order valence-electron chi connectivity index (χ2n) is 2.54. The van der Waals surface area contributed by atoms with Crippen molar-refractivity contribution >= 4 is 27.5 Å². The van der Waals surface area contributed by atoms with E-state index in [1.54, 1.807) is 6.20 Å². The lowest BCUT2D eigenvalue weighted by atomic mass is 10.4. The van der Waals surface area contributed by atoms with Gasteiger partial charge < -0.3 is 4.74 Å². The molecule has 0 atom stereocenters. The Balaban J connectivity index is 2.60. The van der Waals surface area contributed by atoms with E-state index >= 15 is 0 Å². The smallest absolute Gasteiger partial charge is 0.152 e. The molecule has 0 aliphatic carbocycles. The second-order valence-corrected chi connectivity index (χ2v) is 3.51. The van der Waals surface area contributed by atoms with E-state index in [1.165, 1.54) is 5.54 Å². The van der Waals surface area contributed by atoms with Crippen LogP contribution in [-0.2, 0) is 0 Å². The van der Waals surface area contributed by atoms with E-state index in [-0.39, 0.29) is 0 Å². The summed E-state index contributed by atoms with van der Waals surface area (Å²) in [5.41, 5.74) is 2.47. The van der Waals surface area contributed by atoms with Crippen LogP contribution in [-0.4, -0.2) is 11.6 Å². The van der Waals surface area contributed by atoms with Crippen LogP contribution in [0.1, 0.15) is 6.92 Å². The molecule has 0 N–H and O–H groups in total. The maximum absolute atomic E-state index is 5.49. The van der Waals surface area contributed by atoms with Gasteiger partial charge in [-0.05, 0) is 40.6 Å². The summed E-state index contributed by atoms with van der Waals surface area (Å²) in [6, 6.07) is 3.67. The molecule has 70 valence electrons. The first-order valence-corrected chi connectivity index (χ1v) is 4.96. The summed E-state index contributed by atoms with van der Waals surface area (Å²) in [5, 5.41) is 0. The fraction of sp³-hybridized carbons (Fsp3) is 0.222. The minimum atomic E-state index is 0.480. The van der Waals surface area contributed by atoms with Gasteiger partial charge in [0.2, 0.25) is 0 Å². The zero-order valence-corrected chi connectivity index (χ0v) is 9.47. The summed E-state index contributed by atoms with van der Waals surface area (Å²) in [5.74, 6) is 0.723. The fourth-order valence-corrected chi connectivity index (χ4v) is 1.13. The lowest BCUT2D eigenvalue weighted by Crippen LogP contribution is -1.99. The van der Waals surface area contributed by atoms with E-state index in [9.17, 15) is 0 Å². The molecule has 0 bridgehead atoms. The predicted molar refractivity (Wildman–Crippen MR) is 57.0 cm³/mol. The van der Waals surface area contributed by atoms with Gasteiger partial charge in [0.05, 0.1) is 0 Å². The standard InChI is InChI=1S/C9H9BrClNO/c1-7(5-11)6-13-8-3-2-4-12-9(8)10/h2-5H,6H2,1H3/b7-5-. The molecule has 0 aliphatic heterocycles. The summed E-state index contributed by atoms with van der Waals surface area (Å²) < 4.78 is 6.13. The molecule has 0 spiro atoms. The number of nitrogens with zero attached hydrogens (tertiary/aromatic N) is 1. The molecule has 0 amide bonds. The third-order valence-electron chi connectivity index (χ3n) is 1.37. The molecule has 1 aromatic rings. The van der Waals surface area contributed by atoms with Crippen LogP contribution in [0.2, 0.25) is 0 Å². The molecule has 0 saturated carbocycles. The van der Waals surface area contributed by atoms with Crippen molar-refractivity contribution in [2.75, 3.05) is 6.61 Å². The quantitative estimate of drug-likeness (QED) is 0.779. The molecule has 0 aromatic carbocycles. The molecule has 0 aliphatic rings. The van der Waals surface area contributed by atoms with Crippen molar-refractivity contribution < 1.29 is 4.74 Å². The Morgan fingerprint density at radius 2 is 2.54 bits per heavy atom. The molecule has 0 unspecified atom stereocenters. The minimum Gasteiger partial charge on any atom is -0.486 e. The lowest BCUT2D eigenvalue weighted by molar-refractivity contribution is 0.348. The van der Waals surface area contributed by atoms with Crippen molar-refractivity contribution in [1.29, 1.82) is 0 Å². The van der Waals surface area contributed by atoms with E-state index in [1.807, 2.05) is 19.1 Å². The van der Waals surface area contributed by atoms with Gasteiger partial charge in [-0.15, -0.1) is 0 Å². The van der Waals surface area contributed by atoms with Crippen molar-refractivity contribution in [3.8, 4) is 5.75 Å². The van der Waals surface area contributed by atoms with Crippen LogP contribution in [0, 0.1) is 0 Å². The Morgan fingerprint density at radius 1 is 1.77 bits per heavy atom. The molecule has 0 fully saturated rings. The number of ether oxygens (including phenoxy) is 1. The average Bonchev–Trinajstić information content (AvgIpc) is 2.16. The summed E-state index contributed by atoms with van der Waals surface area (Å²) >= 11 is 8.77. The molecule has 0 saturated heterocycles. The van der Waals surface area contributed by atoms with Gasteiger partial charge in [0.1, 0.15) is 11.2 Å². The SMILES string of the molecule is C/C(=C/Cl)COc1cccnc1Br. The molecule has 0 radical (unpaired) electrons. The molecule has 4 heteroatoms. The van der Waals surface area contributed by atoms with Crippen LogP contribution >= 0.6 is 27.5 Å². The third kappa shape index (κ3) is 3.36. The van der Waals surface area contributed by atoms with Crippen LogP contribution in [0.15, 0.2) is 34.0 Å². The molecular formula is C9H9BrClNO. The lowest BCUT2D eigenvalue weighted by Gasteiger charge is -2.06. The zero-order chi connectivity index (χ0) is 9.68. The number of hydrogen-bond donors (Lipinski definition) is 0. The zero-order valence-electron chi connectivity index (χ0n) is 7.13. The maximum Gasteiger partial charge on any atom is 0.152 e. The second kappa shape index (κ2) is 5.25. The highest BCUT2D eigenvalue weighted by Crippen LogP contribution is 2.21. The van der Waals surface area contributed by atoms with Gasteiger partial charge in [0.25, 0.3) is 0 Å². The Bertz CT molecular complexity index is 314. The molecule has 1 aromatic heterocycles. The number of pyridine rings is 1. The van der Waals surface area contributed by atoms with Crippen LogP contribution in [0.25, 0.3) is 0 Å². The predicted octanol–water partition coefficient (Wildman–Crippen LogP) is 3.37. The average molecular weight is 263 g/mol. The first-order valence-electron chi connectivity index (χ1n) is 3.73. The summed E-state index contributed by atoms with van der Waals surface area (Å²) in [6.07, 6.45) is 1.70. The van der Waals surface area contributed by atoms with E-state index in [2.05, 4.69) is 20.9 Å². The maximum atomic E-state index is 5.49. The topological polar surface area (TPSA) is 22.1 Å². The van der Waals surface area contributed by atoms with Crippen molar-refractivity contribution in [3.63, 3.8) is 0 Å². The highest BCUT2D eigenvalue weighted by Gasteiger charge is 1.99. The first kappa shape index (κ1) is 10.5. The molecular weight excluding hydrogens is 253 g/mol. The Kier molecular flexibility index (Phi) is 4.25. The summed E-state index contributed by atoms with van der Waals surface area (Å²) in [7, 11) is 0. The van der Waals surface area contributed by atoms with Crippen molar-refractivity contribution in [2.24, 2.45) is 0 Å². The fourth-order valence-electron chi connectivity index (χ4n) is 0.702. The Labute approximate surface area is 90.7 Å².